The molecule has 0 unspecified atom stereocenters. The topological polar surface area (TPSA) is 258 Å². The van der Waals surface area contributed by atoms with Gasteiger partial charge in [-0.1, -0.05) is 87.4 Å². The molecule has 1 aliphatic heterocycles. The number of piperidine rings is 1. The van der Waals surface area contributed by atoms with Crippen LogP contribution in [0.1, 0.15) is 95.6 Å². The van der Waals surface area contributed by atoms with Crippen LogP contribution in [0.3, 0.4) is 0 Å². The molecule has 0 spiro atoms. The van der Waals surface area contributed by atoms with Gasteiger partial charge < -0.3 is 47.8 Å². The van der Waals surface area contributed by atoms with Crippen molar-refractivity contribution < 1.29 is 43.8 Å². The molecular formula is C45H65N7O9. The summed E-state index contributed by atoms with van der Waals surface area (Å²) in [5.74, 6) is -5.07. The summed E-state index contributed by atoms with van der Waals surface area (Å²) < 4.78 is 0. The number of rotatable bonds is 23. The summed E-state index contributed by atoms with van der Waals surface area (Å²) >= 11 is 0. The van der Waals surface area contributed by atoms with Gasteiger partial charge in [0.2, 0.25) is 29.5 Å². The molecule has 2 aromatic carbocycles. The molecule has 4 rings (SSSR count). The lowest BCUT2D eigenvalue weighted by atomic mass is 9.83. The number of benzene rings is 2. The van der Waals surface area contributed by atoms with E-state index in [4.69, 9.17) is 10.8 Å². The molecule has 1 heterocycles. The standard InChI is InChI=1S/C45H65N7O9/c1-28(2)38(52-40(54)24-33(22-30-13-7-4-8-14-30)50-45(61)35-27-47-20-19-36(35)46)26-41(55)51-37-16-10-9-15-34(37)44(60)49-32(21-29-11-5-3-6-12-29)23-39(53)48-31(25-43(58)59)17-18-42(56)57/h3-8,11-14,28,31-38,47H,9-10,15-27,46H2,1-2H3,(H,48,53)(H,49,60)(H,50,61)(H,51,55)(H,52,54)(H,56,57)(H,58,59)/t31-,32-,33-,34+,35+,36+,37+,38+/m0/s1. The van der Waals surface area contributed by atoms with Gasteiger partial charge in [0.15, 0.2) is 0 Å². The molecule has 5 amide bonds. The van der Waals surface area contributed by atoms with Gasteiger partial charge in [0.05, 0.1) is 18.3 Å². The lowest BCUT2D eigenvalue weighted by molar-refractivity contribution is -0.140. The minimum absolute atomic E-state index is 0.00352. The van der Waals surface area contributed by atoms with E-state index in [0.717, 1.165) is 30.5 Å². The molecule has 2 aromatic rings. The zero-order chi connectivity index (χ0) is 44.3. The number of aliphatic carboxylic acids is 2. The van der Waals surface area contributed by atoms with E-state index in [9.17, 15) is 38.7 Å². The smallest absolute Gasteiger partial charge is 0.305 e. The first-order chi connectivity index (χ1) is 29.2. The van der Waals surface area contributed by atoms with E-state index < -0.39 is 66.3 Å². The Bertz CT molecular complexity index is 1760. The minimum atomic E-state index is -1.18. The first kappa shape index (κ1) is 48.3. The molecule has 2 aliphatic rings. The fraction of sp³-hybridized carbons (Fsp3) is 0.578. The summed E-state index contributed by atoms with van der Waals surface area (Å²) in [5, 5.41) is 36.5. The Morgan fingerprint density at radius 1 is 0.656 bits per heavy atom. The van der Waals surface area contributed by atoms with E-state index in [1.54, 1.807) is 0 Å². The Labute approximate surface area is 358 Å². The van der Waals surface area contributed by atoms with Crippen LogP contribution in [-0.2, 0) is 46.4 Å². The minimum Gasteiger partial charge on any atom is -0.481 e. The zero-order valence-electron chi connectivity index (χ0n) is 35.4. The number of hydrogen-bond acceptors (Lipinski definition) is 9. The van der Waals surface area contributed by atoms with Crippen LogP contribution in [0.25, 0.3) is 0 Å². The first-order valence-corrected chi connectivity index (χ1v) is 21.6. The van der Waals surface area contributed by atoms with Crippen molar-refractivity contribution in [2.75, 3.05) is 13.1 Å². The molecule has 1 aliphatic carbocycles. The van der Waals surface area contributed by atoms with Crippen molar-refractivity contribution in [3.05, 3.63) is 71.8 Å². The van der Waals surface area contributed by atoms with Crippen LogP contribution in [0.4, 0.5) is 0 Å². The van der Waals surface area contributed by atoms with Crippen molar-refractivity contribution in [3.8, 4) is 0 Å². The monoisotopic (exact) mass is 847 g/mol. The number of nitrogens with two attached hydrogens (primary N) is 1. The highest BCUT2D eigenvalue weighted by molar-refractivity contribution is 5.85. The van der Waals surface area contributed by atoms with Crippen LogP contribution in [0.15, 0.2) is 60.7 Å². The Kier molecular flexibility index (Phi) is 19.6. The van der Waals surface area contributed by atoms with Crippen molar-refractivity contribution >= 4 is 41.5 Å². The van der Waals surface area contributed by atoms with Gasteiger partial charge in [0.1, 0.15) is 0 Å². The summed E-state index contributed by atoms with van der Waals surface area (Å²) in [6, 6.07) is 15.5. The predicted molar refractivity (Wildman–Crippen MR) is 229 cm³/mol. The maximum absolute atomic E-state index is 14.0. The van der Waals surface area contributed by atoms with Crippen molar-refractivity contribution in [2.24, 2.45) is 23.5 Å². The average Bonchev–Trinajstić information content (AvgIpc) is 3.20. The second-order valence-electron chi connectivity index (χ2n) is 16.9. The molecule has 8 atom stereocenters. The summed E-state index contributed by atoms with van der Waals surface area (Å²) in [6.07, 6.45) is 3.03. The lowest BCUT2D eigenvalue weighted by Gasteiger charge is -2.33. The van der Waals surface area contributed by atoms with Gasteiger partial charge in [-0.25, -0.2) is 0 Å². The van der Waals surface area contributed by atoms with Crippen LogP contribution in [0.5, 0.6) is 0 Å². The van der Waals surface area contributed by atoms with E-state index >= 15 is 0 Å². The lowest BCUT2D eigenvalue weighted by Crippen LogP contribution is -2.54. The molecule has 10 N–H and O–H groups in total. The molecule has 1 saturated heterocycles. The number of hydrogen-bond donors (Lipinski definition) is 9. The maximum atomic E-state index is 14.0. The Morgan fingerprint density at radius 2 is 1.21 bits per heavy atom. The molecule has 16 heteroatoms. The second-order valence-corrected chi connectivity index (χ2v) is 16.9. The highest BCUT2D eigenvalue weighted by Gasteiger charge is 2.35. The second kappa shape index (κ2) is 24.8. The van der Waals surface area contributed by atoms with Crippen LogP contribution in [0, 0.1) is 17.8 Å². The molecule has 0 aromatic heterocycles. The van der Waals surface area contributed by atoms with E-state index in [0.29, 0.717) is 38.6 Å². The number of carbonyl (C=O) groups is 7. The van der Waals surface area contributed by atoms with Crippen LogP contribution in [0.2, 0.25) is 0 Å². The van der Waals surface area contributed by atoms with Crippen molar-refractivity contribution in [1.29, 1.82) is 0 Å². The van der Waals surface area contributed by atoms with Gasteiger partial charge in [-0.05, 0) is 62.1 Å². The average molecular weight is 848 g/mol. The van der Waals surface area contributed by atoms with Crippen molar-refractivity contribution in [1.82, 2.24) is 31.9 Å². The highest BCUT2D eigenvalue weighted by atomic mass is 16.4. The van der Waals surface area contributed by atoms with Gasteiger partial charge in [-0.2, -0.15) is 0 Å². The molecule has 334 valence electrons. The van der Waals surface area contributed by atoms with Crippen molar-refractivity contribution in [2.45, 2.75) is 134 Å². The molecule has 61 heavy (non-hydrogen) atoms. The van der Waals surface area contributed by atoms with Gasteiger partial charge in [-0.3, -0.25) is 33.6 Å². The summed E-state index contributed by atoms with van der Waals surface area (Å²) in [5.41, 5.74) is 8.10. The SMILES string of the molecule is CC(C)[C@@H](CC(=O)N[C@@H]1CCCC[C@H]1C(=O)N[C@H](CC(=O)N[C@@H](CCC(=O)O)CC(=O)O)Cc1ccccc1)NC(=O)C[C@H](Cc1ccccc1)NC(=O)[C@@H]1CNCC[C@H]1N. The summed E-state index contributed by atoms with van der Waals surface area (Å²) in [7, 11) is 0. The zero-order valence-corrected chi connectivity index (χ0v) is 35.4. The molecule has 1 saturated carbocycles. The Morgan fingerprint density at radius 3 is 1.75 bits per heavy atom. The Hall–Kier alpha value is -5.35. The van der Waals surface area contributed by atoms with Gasteiger partial charge in [-0.15, -0.1) is 0 Å². The van der Waals surface area contributed by atoms with Crippen molar-refractivity contribution in [3.63, 3.8) is 0 Å². The molecule has 16 nitrogen and oxygen atoms in total. The normalized spacial score (nSPS) is 20.9. The van der Waals surface area contributed by atoms with E-state index in [1.165, 1.54) is 0 Å². The van der Waals surface area contributed by atoms with Crippen LogP contribution < -0.4 is 37.6 Å². The van der Waals surface area contributed by atoms with E-state index in [2.05, 4.69) is 31.9 Å². The molecule has 0 radical (unpaired) electrons. The Balaban J connectivity index is 1.38. The molecule has 2 fully saturated rings. The predicted octanol–water partition coefficient (Wildman–Crippen LogP) is 2.19. The molecule has 0 bridgehead atoms. The summed E-state index contributed by atoms with van der Waals surface area (Å²) in [6.45, 7) is 5.03. The summed E-state index contributed by atoms with van der Waals surface area (Å²) in [4.78, 5) is 90.4. The number of carboxylic acid groups (broad SMARTS) is 2. The van der Waals surface area contributed by atoms with Gasteiger partial charge >= 0.3 is 11.9 Å². The van der Waals surface area contributed by atoms with Crippen LogP contribution in [-0.4, -0.2) is 101 Å². The number of carboxylic acids is 2. The van der Waals surface area contributed by atoms with Gasteiger partial charge in [0.25, 0.3) is 0 Å². The fourth-order valence-electron chi connectivity index (χ4n) is 8.20. The largest absolute Gasteiger partial charge is 0.481 e. The third-order valence-corrected chi connectivity index (χ3v) is 11.6. The fourth-order valence-corrected chi connectivity index (χ4v) is 8.20. The number of amides is 5. The highest BCUT2D eigenvalue weighted by Crippen LogP contribution is 2.26. The number of carbonyl (C=O) groups excluding carboxylic acids is 5. The van der Waals surface area contributed by atoms with Gasteiger partial charge in [0, 0.05) is 68.5 Å². The molecular weight excluding hydrogens is 783 g/mol. The maximum Gasteiger partial charge on any atom is 0.305 e. The third-order valence-electron chi connectivity index (χ3n) is 11.6. The van der Waals surface area contributed by atoms with E-state index in [-0.39, 0.29) is 67.7 Å². The van der Waals surface area contributed by atoms with Crippen LogP contribution >= 0.6 is 0 Å². The van der Waals surface area contributed by atoms with E-state index in [1.807, 2.05) is 74.5 Å². The number of nitrogens with one attached hydrogen (secondary N) is 6. The third kappa shape index (κ3) is 17.3. The first-order valence-electron chi connectivity index (χ1n) is 21.6. The quantitative estimate of drug-likeness (QED) is 0.0784.